The Balaban J connectivity index is 3.13. The van der Waals surface area contributed by atoms with Crippen LogP contribution in [0.15, 0.2) is 12.2 Å². The van der Waals surface area contributed by atoms with Crippen LogP contribution < -0.4 is 0 Å². The number of esters is 1. The molecular weight excluding hydrogens is 304 g/mol. The molecule has 0 fully saturated rings. The van der Waals surface area contributed by atoms with E-state index in [0.29, 0.717) is 12.4 Å². The second kappa shape index (κ2) is 19.6. The number of rotatable bonds is 17. The summed E-state index contributed by atoms with van der Waals surface area (Å²) in [6.45, 7) is 2.67. The van der Waals surface area contributed by atoms with Crippen molar-refractivity contribution in [2.75, 3.05) is 12.4 Å². The summed E-state index contributed by atoms with van der Waals surface area (Å²) in [6.07, 6.45) is 22.3. The standard InChI is InChI=1S/C20H38O2S/c1-2-3-4-5-6-7-8-9-10-11-12-13-14-15-16-17-20(21)22-18-19-23/h16-17,23H,2-15,18-19H2,1H3/b17-16+. The van der Waals surface area contributed by atoms with Gasteiger partial charge in [0, 0.05) is 11.8 Å². The van der Waals surface area contributed by atoms with Crippen molar-refractivity contribution in [2.45, 2.75) is 96.8 Å². The number of unbranched alkanes of at least 4 members (excludes halogenated alkanes) is 13. The smallest absolute Gasteiger partial charge is 0.330 e. The van der Waals surface area contributed by atoms with E-state index in [1.807, 2.05) is 6.08 Å². The number of hydrogen-bond acceptors (Lipinski definition) is 3. The molecule has 0 atom stereocenters. The fraction of sp³-hybridized carbons (Fsp3) is 0.850. The summed E-state index contributed by atoms with van der Waals surface area (Å²) in [7, 11) is 0. The number of allylic oxidation sites excluding steroid dienone is 1. The Morgan fingerprint density at radius 3 is 1.78 bits per heavy atom. The highest BCUT2D eigenvalue weighted by Crippen LogP contribution is 2.12. The predicted octanol–water partition coefficient (Wildman–Crippen LogP) is 6.50. The maximum absolute atomic E-state index is 11.2. The van der Waals surface area contributed by atoms with Gasteiger partial charge in [0.1, 0.15) is 6.61 Å². The van der Waals surface area contributed by atoms with Gasteiger partial charge in [0.15, 0.2) is 0 Å². The van der Waals surface area contributed by atoms with Gasteiger partial charge in [-0.2, -0.15) is 12.6 Å². The highest BCUT2D eigenvalue weighted by Gasteiger charge is 1.95. The highest BCUT2D eigenvalue weighted by atomic mass is 32.1. The van der Waals surface area contributed by atoms with E-state index in [1.54, 1.807) is 6.08 Å². The van der Waals surface area contributed by atoms with Gasteiger partial charge in [-0.05, 0) is 12.8 Å². The molecule has 0 radical (unpaired) electrons. The van der Waals surface area contributed by atoms with Crippen LogP contribution in [-0.2, 0) is 9.53 Å². The molecule has 2 nitrogen and oxygen atoms in total. The minimum Gasteiger partial charge on any atom is -0.462 e. The zero-order chi connectivity index (χ0) is 17.0. The first kappa shape index (κ1) is 22.6. The molecule has 0 N–H and O–H groups in total. The molecule has 23 heavy (non-hydrogen) atoms. The number of thiol groups is 1. The zero-order valence-electron chi connectivity index (χ0n) is 15.2. The van der Waals surface area contributed by atoms with E-state index in [2.05, 4.69) is 19.6 Å². The lowest BCUT2D eigenvalue weighted by Gasteiger charge is -2.02. The summed E-state index contributed by atoms with van der Waals surface area (Å²) < 4.78 is 4.91. The highest BCUT2D eigenvalue weighted by molar-refractivity contribution is 7.80. The number of carbonyl (C=O) groups excluding carboxylic acids is 1. The third kappa shape index (κ3) is 19.5. The van der Waals surface area contributed by atoms with Crippen LogP contribution in [-0.4, -0.2) is 18.3 Å². The summed E-state index contributed by atoms with van der Waals surface area (Å²) in [5.74, 6) is 0.340. The average Bonchev–Trinajstić information content (AvgIpc) is 2.56. The van der Waals surface area contributed by atoms with Crippen LogP contribution in [0.1, 0.15) is 96.8 Å². The van der Waals surface area contributed by atoms with Crippen LogP contribution in [0.3, 0.4) is 0 Å². The van der Waals surface area contributed by atoms with E-state index < -0.39 is 0 Å². The van der Waals surface area contributed by atoms with Crippen molar-refractivity contribution in [3.05, 3.63) is 12.2 Å². The predicted molar refractivity (Wildman–Crippen MR) is 104 cm³/mol. The maximum atomic E-state index is 11.2. The molecule has 0 aliphatic carbocycles. The molecule has 3 heteroatoms. The van der Waals surface area contributed by atoms with E-state index in [1.165, 1.54) is 83.5 Å². The number of ether oxygens (including phenoxy) is 1. The summed E-state index contributed by atoms with van der Waals surface area (Å²) in [5, 5.41) is 0. The minimum atomic E-state index is -0.242. The molecule has 0 saturated heterocycles. The van der Waals surface area contributed by atoms with Gasteiger partial charge in [0.2, 0.25) is 0 Å². The van der Waals surface area contributed by atoms with Gasteiger partial charge < -0.3 is 4.74 Å². The van der Waals surface area contributed by atoms with Crippen LogP contribution in [0.2, 0.25) is 0 Å². The first-order chi connectivity index (χ1) is 11.3. The van der Waals surface area contributed by atoms with Crippen LogP contribution in [0.5, 0.6) is 0 Å². The molecule has 0 aromatic carbocycles. The molecule has 0 amide bonds. The molecule has 136 valence electrons. The second-order valence-corrected chi connectivity index (χ2v) is 6.77. The molecule has 0 aromatic heterocycles. The van der Waals surface area contributed by atoms with Gasteiger partial charge in [-0.15, -0.1) is 0 Å². The van der Waals surface area contributed by atoms with Crippen molar-refractivity contribution in [2.24, 2.45) is 0 Å². The Hall–Kier alpha value is -0.440. The molecule has 0 rings (SSSR count). The number of hydrogen-bond donors (Lipinski definition) is 1. The topological polar surface area (TPSA) is 26.3 Å². The number of carbonyl (C=O) groups is 1. The van der Waals surface area contributed by atoms with Gasteiger partial charge >= 0.3 is 5.97 Å². The summed E-state index contributed by atoms with van der Waals surface area (Å²) >= 11 is 3.99. The van der Waals surface area contributed by atoms with Gasteiger partial charge in [-0.1, -0.05) is 90.0 Å². The first-order valence-electron chi connectivity index (χ1n) is 9.75. The van der Waals surface area contributed by atoms with Gasteiger partial charge in [0.25, 0.3) is 0 Å². The van der Waals surface area contributed by atoms with Crippen molar-refractivity contribution in [3.63, 3.8) is 0 Å². The van der Waals surface area contributed by atoms with Crippen LogP contribution in [0.4, 0.5) is 0 Å². The molecule has 0 unspecified atom stereocenters. The van der Waals surface area contributed by atoms with E-state index in [0.717, 1.165) is 6.42 Å². The van der Waals surface area contributed by atoms with Crippen LogP contribution in [0.25, 0.3) is 0 Å². The summed E-state index contributed by atoms with van der Waals surface area (Å²) in [6, 6.07) is 0. The first-order valence-corrected chi connectivity index (χ1v) is 10.4. The molecule has 0 spiro atoms. The Kier molecular flexibility index (Phi) is 19.2. The largest absolute Gasteiger partial charge is 0.462 e. The second-order valence-electron chi connectivity index (χ2n) is 6.32. The normalized spacial score (nSPS) is 11.2. The molecule has 0 aliphatic heterocycles. The Bertz CT molecular complexity index is 277. The summed E-state index contributed by atoms with van der Waals surface area (Å²) in [5.41, 5.74) is 0. The lowest BCUT2D eigenvalue weighted by atomic mass is 10.0. The monoisotopic (exact) mass is 342 g/mol. The van der Waals surface area contributed by atoms with Gasteiger partial charge in [-0.3, -0.25) is 0 Å². The van der Waals surface area contributed by atoms with Crippen molar-refractivity contribution in [1.29, 1.82) is 0 Å². The van der Waals surface area contributed by atoms with E-state index in [-0.39, 0.29) is 5.97 Å². The van der Waals surface area contributed by atoms with Crippen molar-refractivity contribution in [1.82, 2.24) is 0 Å². The third-order valence-corrected chi connectivity index (χ3v) is 4.25. The fourth-order valence-electron chi connectivity index (χ4n) is 2.65. The molecular formula is C20H38O2S. The quantitative estimate of drug-likeness (QED) is 0.141. The Morgan fingerprint density at radius 2 is 1.30 bits per heavy atom. The lowest BCUT2D eigenvalue weighted by molar-refractivity contribution is -0.137. The molecule has 0 heterocycles. The minimum absolute atomic E-state index is 0.242. The maximum Gasteiger partial charge on any atom is 0.330 e. The van der Waals surface area contributed by atoms with Gasteiger partial charge in [-0.25, -0.2) is 4.79 Å². The molecule has 0 aliphatic rings. The SMILES string of the molecule is CCCCCCCCCCCCCCC/C=C/C(=O)OCCS. The van der Waals surface area contributed by atoms with E-state index in [9.17, 15) is 4.79 Å². The van der Waals surface area contributed by atoms with Crippen LogP contribution >= 0.6 is 12.6 Å². The Labute approximate surface area is 149 Å². The lowest BCUT2D eigenvalue weighted by Crippen LogP contribution is -2.02. The van der Waals surface area contributed by atoms with E-state index in [4.69, 9.17) is 4.74 Å². The Morgan fingerprint density at radius 1 is 0.826 bits per heavy atom. The average molecular weight is 343 g/mol. The fourth-order valence-corrected chi connectivity index (χ4v) is 2.75. The zero-order valence-corrected chi connectivity index (χ0v) is 16.1. The molecule has 0 aromatic rings. The van der Waals surface area contributed by atoms with Crippen LogP contribution in [0, 0.1) is 0 Å². The van der Waals surface area contributed by atoms with Crippen molar-refractivity contribution in [3.8, 4) is 0 Å². The van der Waals surface area contributed by atoms with Crippen molar-refractivity contribution >= 4 is 18.6 Å². The molecule has 0 saturated carbocycles. The van der Waals surface area contributed by atoms with Crippen molar-refractivity contribution < 1.29 is 9.53 Å². The summed E-state index contributed by atoms with van der Waals surface area (Å²) in [4.78, 5) is 11.2. The van der Waals surface area contributed by atoms with E-state index >= 15 is 0 Å². The molecule has 0 bridgehead atoms. The van der Waals surface area contributed by atoms with Gasteiger partial charge in [0.05, 0.1) is 0 Å². The third-order valence-electron chi connectivity index (χ3n) is 4.06.